The number of amides is 1. The maximum absolute atomic E-state index is 14.9. The van der Waals surface area contributed by atoms with Gasteiger partial charge in [0.05, 0.1) is 29.5 Å². The van der Waals surface area contributed by atoms with Crippen LogP contribution in [0.25, 0.3) is 11.1 Å². The third-order valence-corrected chi connectivity index (χ3v) is 10.1. The molecular weight excluding hydrogens is 710 g/mol. The summed E-state index contributed by atoms with van der Waals surface area (Å²) >= 11 is 0.762. The van der Waals surface area contributed by atoms with Gasteiger partial charge in [-0.15, -0.1) is 11.8 Å². The van der Waals surface area contributed by atoms with E-state index >= 15 is 0 Å². The number of carbonyl (C=O) groups is 1. The molecule has 6 nitrogen and oxygen atoms in total. The highest BCUT2D eigenvalue weighted by Gasteiger charge is 2.33. The number of methoxy groups -OCH3 is 1. The lowest BCUT2D eigenvalue weighted by Crippen LogP contribution is -2.50. The molecule has 0 aromatic heterocycles. The zero-order chi connectivity index (χ0) is 47.3. The third-order valence-electron chi connectivity index (χ3n) is 9.02. The molecule has 2 aliphatic heterocycles. The molecular formula is C41H42F5N3O3S. The van der Waals surface area contributed by atoms with Crippen LogP contribution in [0.4, 0.5) is 27.6 Å². The number of aliphatic hydroxyl groups is 1. The maximum atomic E-state index is 14.9. The number of hydrogen-bond donors (Lipinski definition) is 1. The number of likely N-dealkylation sites (tertiary alicyclic amines) is 1. The molecule has 1 unspecified atom stereocenters. The highest BCUT2D eigenvalue weighted by Crippen LogP contribution is 2.41. The number of fused-ring (bicyclic) bond motifs is 1. The van der Waals surface area contributed by atoms with E-state index in [4.69, 9.17) is 15.1 Å². The average Bonchev–Trinajstić information content (AvgIpc) is 3.22. The minimum Gasteiger partial charge on any atom is -0.384 e. The van der Waals surface area contributed by atoms with E-state index in [2.05, 4.69) is 4.74 Å². The monoisotopic (exact) mass is 762 g/mol. The van der Waals surface area contributed by atoms with E-state index in [9.17, 15) is 31.9 Å². The number of benzene rings is 4. The van der Waals surface area contributed by atoms with Crippen LogP contribution in [0.3, 0.4) is 0 Å². The fourth-order valence-corrected chi connectivity index (χ4v) is 7.27. The molecule has 1 amide bonds. The van der Waals surface area contributed by atoms with Gasteiger partial charge in [-0.25, -0.2) is 8.78 Å². The van der Waals surface area contributed by atoms with Crippen molar-refractivity contribution in [1.82, 2.24) is 9.80 Å². The number of alkyl halides is 3. The number of hydrogen-bond acceptors (Lipinski definition) is 6. The van der Waals surface area contributed by atoms with Crippen molar-refractivity contribution in [2.45, 2.75) is 50.4 Å². The van der Waals surface area contributed by atoms with Crippen LogP contribution >= 0.6 is 11.8 Å². The molecule has 0 spiro atoms. The number of piperidine rings is 1. The Morgan fingerprint density at radius 3 is 2.43 bits per heavy atom. The predicted octanol–water partition coefficient (Wildman–Crippen LogP) is 8.73. The Morgan fingerprint density at radius 2 is 1.75 bits per heavy atom. The van der Waals surface area contributed by atoms with Gasteiger partial charge in [0.25, 0.3) is 0 Å². The topological polar surface area (TPSA) is 56.3 Å². The van der Waals surface area contributed by atoms with Crippen molar-refractivity contribution in [3.63, 3.8) is 0 Å². The second-order valence-corrected chi connectivity index (χ2v) is 13.5. The minimum atomic E-state index is -4.53. The van der Waals surface area contributed by atoms with Crippen LogP contribution in [-0.4, -0.2) is 66.6 Å². The van der Waals surface area contributed by atoms with E-state index in [0.29, 0.717) is 16.7 Å². The lowest BCUT2D eigenvalue weighted by molar-refractivity contribution is -0.137. The molecule has 0 aliphatic carbocycles. The van der Waals surface area contributed by atoms with Crippen molar-refractivity contribution < 1.29 is 51.7 Å². The van der Waals surface area contributed by atoms with Crippen LogP contribution in [0.15, 0.2) is 95.9 Å². The molecule has 6 rings (SSSR count). The van der Waals surface area contributed by atoms with Gasteiger partial charge >= 0.3 is 6.18 Å². The maximum Gasteiger partial charge on any atom is 0.416 e. The second-order valence-electron chi connectivity index (χ2n) is 12.5. The summed E-state index contributed by atoms with van der Waals surface area (Å²) in [5.74, 6) is -3.27. The molecule has 0 bridgehead atoms. The Morgan fingerprint density at radius 1 is 1.06 bits per heavy atom. The molecule has 2 aliphatic rings. The molecule has 53 heavy (non-hydrogen) atoms. The van der Waals surface area contributed by atoms with Crippen LogP contribution in [0.2, 0.25) is 0 Å². The highest BCUT2D eigenvalue weighted by molar-refractivity contribution is 8.02. The van der Waals surface area contributed by atoms with Gasteiger partial charge < -0.3 is 24.5 Å². The van der Waals surface area contributed by atoms with Gasteiger partial charge in [-0.1, -0.05) is 66.2 Å². The van der Waals surface area contributed by atoms with E-state index in [-0.39, 0.29) is 71.7 Å². The van der Waals surface area contributed by atoms with E-state index in [1.165, 1.54) is 41.0 Å². The number of ether oxygens (including phenoxy) is 1. The van der Waals surface area contributed by atoms with Gasteiger partial charge in [0.1, 0.15) is 12.6 Å². The summed E-state index contributed by atoms with van der Waals surface area (Å²) in [4.78, 5) is 18.6. The normalized spacial score (nSPS) is 20.7. The van der Waals surface area contributed by atoms with Gasteiger partial charge in [0, 0.05) is 64.5 Å². The zero-order valence-corrected chi connectivity index (χ0v) is 29.2. The number of halogens is 5. The Balaban J connectivity index is 1.36. The second kappa shape index (κ2) is 16.8. The van der Waals surface area contributed by atoms with Crippen LogP contribution in [0.5, 0.6) is 0 Å². The van der Waals surface area contributed by atoms with E-state index in [1.807, 2.05) is 0 Å². The lowest BCUT2D eigenvalue weighted by atomic mass is 9.99. The van der Waals surface area contributed by atoms with E-state index < -0.39 is 86.2 Å². The third kappa shape index (κ3) is 9.29. The van der Waals surface area contributed by atoms with Crippen LogP contribution in [-0.2, 0) is 28.0 Å². The number of rotatable bonds is 12. The Bertz CT molecular complexity index is 2420. The Hall–Kier alpha value is -4.23. The van der Waals surface area contributed by atoms with Crippen LogP contribution in [0, 0.1) is 18.6 Å². The smallest absolute Gasteiger partial charge is 0.384 e. The number of thioether (sulfide) groups is 1. The molecule has 280 valence electrons. The summed E-state index contributed by atoms with van der Waals surface area (Å²) in [7, 11) is -3.27. The number of carbonyl (C=O) groups excluding carboxylic acids is 1. The number of nitrogens with zero attached hydrogens (tertiary/aromatic N) is 3. The molecule has 0 radical (unpaired) electrons. The fraction of sp³-hybridized carbons (Fsp3) is 0.341. The van der Waals surface area contributed by atoms with Gasteiger partial charge in [0.2, 0.25) is 5.91 Å². The van der Waals surface area contributed by atoms with Crippen LogP contribution < -0.4 is 4.90 Å². The Labute approximate surface area is 326 Å². The SMILES string of the molecule is [2H]C1=C(SCc2cccc(F)c2F)N(CC(=O)N(Cc2ccc(-c3ccc(C(F)(F)F)cc3)cc2)C2CCN(C([2H])([2H])C([2H])([2H])OC([2H])([2H])[2H])CC2)c2c([2H])c([2H])c(C)c([2H])c2C1O. The van der Waals surface area contributed by atoms with Gasteiger partial charge in [-0.2, -0.15) is 13.2 Å². The van der Waals surface area contributed by atoms with Gasteiger partial charge in [0.15, 0.2) is 11.6 Å². The highest BCUT2D eigenvalue weighted by atomic mass is 32.2. The summed E-state index contributed by atoms with van der Waals surface area (Å²) in [6.07, 6.45) is -6.30. The van der Waals surface area contributed by atoms with E-state index in [0.717, 1.165) is 34.9 Å². The average molecular weight is 763 g/mol. The van der Waals surface area contributed by atoms with Crippen molar-refractivity contribution in [2.24, 2.45) is 0 Å². The molecule has 12 heteroatoms. The zero-order valence-electron chi connectivity index (χ0n) is 39.4. The molecule has 1 N–H and O–H groups in total. The lowest BCUT2D eigenvalue weighted by Gasteiger charge is -2.40. The summed E-state index contributed by atoms with van der Waals surface area (Å²) < 4.78 is 164. The van der Waals surface area contributed by atoms with Crippen molar-refractivity contribution in [3.8, 4) is 11.1 Å². The fourth-order valence-electron chi connectivity index (χ4n) is 6.24. The molecule has 4 aromatic rings. The molecule has 1 saturated heterocycles. The first kappa shape index (κ1) is 26.5. The summed E-state index contributed by atoms with van der Waals surface area (Å²) in [6.45, 7) is -6.01. The Kier molecular flexibility index (Phi) is 8.43. The molecule has 2 heterocycles. The number of aliphatic hydroxyl groups excluding tert-OH is 1. The summed E-state index contributed by atoms with van der Waals surface area (Å²) in [6, 6.07) is 12.2. The van der Waals surface area contributed by atoms with Crippen molar-refractivity contribution in [1.29, 1.82) is 0 Å². The largest absolute Gasteiger partial charge is 0.416 e. The molecule has 0 saturated carbocycles. The molecule has 1 fully saturated rings. The first-order valence-corrected chi connectivity index (χ1v) is 17.6. The molecule has 4 aromatic carbocycles. The van der Waals surface area contributed by atoms with Crippen molar-refractivity contribution >= 4 is 23.4 Å². The van der Waals surface area contributed by atoms with Gasteiger partial charge in [-0.05, 0) is 66.7 Å². The minimum absolute atomic E-state index is 0.0185. The predicted molar refractivity (Wildman–Crippen MR) is 198 cm³/mol. The quantitative estimate of drug-likeness (QED) is 0.146. The van der Waals surface area contributed by atoms with Gasteiger partial charge in [-0.3, -0.25) is 4.79 Å². The first-order valence-electron chi connectivity index (χ1n) is 22.1. The standard InChI is InChI=1S/C41H42F5N3O3S/c1-27-6-15-36-34(22-27)37(50)23-39(53-26-31-4-3-5-35(42)40(31)43)49(36)25-38(51)48(33-16-18-47(19-17-33)20-21-52-2)24-28-7-9-29(10-8-28)30-11-13-32(14-12-30)41(44,45)46/h3-15,22-23,33,37,50H,16-21,24-26H2,1-2H3/i2D3,6D,15D,20D2,21D2,22D,23D. The van der Waals surface area contributed by atoms with Crippen LogP contribution in [0.1, 0.15) is 61.8 Å². The summed E-state index contributed by atoms with van der Waals surface area (Å²) in [5, 5.41) is 11.3. The van der Waals surface area contributed by atoms with Crippen molar-refractivity contribution in [3.05, 3.63) is 135 Å². The molecule has 1 atom stereocenters. The summed E-state index contributed by atoms with van der Waals surface area (Å²) in [5.41, 5.74) is 0.221. The number of anilines is 1. The van der Waals surface area contributed by atoms with E-state index in [1.54, 1.807) is 24.3 Å². The van der Waals surface area contributed by atoms with Crippen molar-refractivity contribution in [2.75, 3.05) is 44.6 Å². The first-order chi connectivity index (χ1) is 29.7.